The summed E-state index contributed by atoms with van der Waals surface area (Å²) in [6.45, 7) is 6.65. The number of para-hydroxylation sites is 1. The molecule has 1 N–H and O–H groups in total. The lowest BCUT2D eigenvalue weighted by molar-refractivity contribution is -0.117. The summed E-state index contributed by atoms with van der Waals surface area (Å²) in [4.78, 5) is 30.7. The van der Waals surface area contributed by atoms with Crippen molar-refractivity contribution in [2.75, 3.05) is 38.0 Å². The van der Waals surface area contributed by atoms with Gasteiger partial charge in [0, 0.05) is 42.5 Å². The molecule has 0 radical (unpaired) electrons. The number of anilines is 1. The molecule has 0 bridgehead atoms. The van der Waals surface area contributed by atoms with E-state index in [1.54, 1.807) is 12.1 Å². The molecule has 7 heteroatoms. The molecule has 0 aliphatic carbocycles. The summed E-state index contributed by atoms with van der Waals surface area (Å²) in [6, 6.07) is 20.2. The van der Waals surface area contributed by atoms with Gasteiger partial charge >= 0.3 is 0 Å². The summed E-state index contributed by atoms with van der Waals surface area (Å²) in [5.74, 6) is 0.153. The van der Waals surface area contributed by atoms with Crippen molar-refractivity contribution in [3.63, 3.8) is 0 Å². The Hall–Kier alpha value is -3.16. The predicted molar refractivity (Wildman–Crippen MR) is 139 cm³/mol. The molecule has 3 aromatic rings. The highest BCUT2D eigenvalue weighted by Crippen LogP contribution is 2.28. The Morgan fingerprint density at radius 3 is 2.26 bits per heavy atom. The van der Waals surface area contributed by atoms with E-state index < -0.39 is 0 Å². The number of hydrogen-bond acceptors (Lipinski definition) is 4. The van der Waals surface area contributed by atoms with Gasteiger partial charge in [0.05, 0.1) is 12.1 Å². The maximum atomic E-state index is 14.0. The number of amides is 2. The summed E-state index contributed by atoms with van der Waals surface area (Å²) < 4.78 is 14.0. The fourth-order valence-corrected chi connectivity index (χ4v) is 5.24. The van der Waals surface area contributed by atoms with Crippen molar-refractivity contribution in [2.24, 2.45) is 0 Å². The topological polar surface area (TPSA) is 52.7 Å². The standard InChI is InChI=1S/C28H30FN3O2S/c1-20-8-7-9-21(2)27(20)30-26(33)18-31-14-16-32(17-15-31)28(34)23-11-4-6-13-25(23)35-19-22-10-3-5-12-24(22)29/h3-13H,14-19H2,1-2H3,(H,30,33). The number of benzene rings is 3. The van der Waals surface area contributed by atoms with Crippen molar-refractivity contribution in [1.82, 2.24) is 9.80 Å². The van der Waals surface area contributed by atoms with Crippen molar-refractivity contribution in [3.8, 4) is 0 Å². The van der Waals surface area contributed by atoms with Crippen LogP contribution in [0, 0.1) is 19.7 Å². The highest BCUT2D eigenvalue weighted by Gasteiger charge is 2.25. The number of nitrogens with one attached hydrogen (secondary N) is 1. The summed E-state index contributed by atoms with van der Waals surface area (Å²) in [6.07, 6.45) is 0. The average molecular weight is 492 g/mol. The van der Waals surface area contributed by atoms with E-state index in [0.717, 1.165) is 21.7 Å². The van der Waals surface area contributed by atoms with Gasteiger partial charge in [-0.3, -0.25) is 14.5 Å². The van der Waals surface area contributed by atoms with Gasteiger partial charge in [-0.2, -0.15) is 0 Å². The van der Waals surface area contributed by atoms with E-state index in [2.05, 4.69) is 10.2 Å². The maximum absolute atomic E-state index is 14.0. The number of rotatable bonds is 7. The highest BCUT2D eigenvalue weighted by molar-refractivity contribution is 7.98. The Kier molecular flexibility index (Phi) is 8.21. The fraction of sp³-hybridized carbons (Fsp3) is 0.286. The molecule has 1 heterocycles. The van der Waals surface area contributed by atoms with Crippen LogP contribution in [0.5, 0.6) is 0 Å². The van der Waals surface area contributed by atoms with Crippen LogP contribution in [0.1, 0.15) is 27.0 Å². The lowest BCUT2D eigenvalue weighted by atomic mass is 10.1. The van der Waals surface area contributed by atoms with Crippen LogP contribution in [-0.4, -0.2) is 54.3 Å². The van der Waals surface area contributed by atoms with E-state index in [1.165, 1.54) is 17.8 Å². The molecule has 3 aromatic carbocycles. The second-order valence-corrected chi connectivity index (χ2v) is 9.78. The van der Waals surface area contributed by atoms with Crippen LogP contribution >= 0.6 is 11.8 Å². The number of carbonyl (C=O) groups excluding carboxylic acids is 2. The minimum Gasteiger partial charge on any atom is -0.336 e. The first-order valence-electron chi connectivity index (χ1n) is 11.8. The zero-order chi connectivity index (χ0) is 24.8. The van der Waals surface area contributed by atoms with Crippen molar-refractivity contribution in [2.45, 2.75) is 24.5 Å². The summed E-state index contributed by atoms with van der Waals surface area (Å²) in [5, 5.41) is 3.03. The molecule has 0 spiro atoms. The van der Waals surface area contributed by atoms with Gasteiger partial charge in [-0.25, -0.2) is 4.39 Å². The molecule has 0 atom stereocenters. The molecular weight excluding hydrogens is 461 g/mol. The predicted octanol–water partition coefficient (Wildman–Crippen LogP) is 5.13. The SMILES string of the molecule is Cc1cccc(C)c1NC(=O)CN1CCN(C(=O)c2ccccc2SCc2ccccc2F)CC1. The number of piperazine rings is 1. The van der Waals surface area contributed by atoms with Crippen molar-refractivity contribution in [1.29, 1.82) is 0 Å². The molecule has 1 fully saturated rings. The summed E-state index contributed by atoms with van der Waals surface area (Å²) >= 11 is 1.47. The van der Waals surface area contributed by atoms with Gasteiger partial charge in [-0.15, -0.1) is 11.8 Å². The minimum atomic E-state index is -0.235. The Labute approximate surface area is 210 Å². The van der Waals surface area contributed by atoms with Crippen molar-refractivity contribution >= 4 is 29.3 Å². The number of hydrogen-bond donors (Lipinski definition) is 1. The molecular formula is C28H30FN3O2S. The van der Waals surface area contributed by atoms with Gasteiger partial charge in [-0.1, -0.05) is 48.5 Å². The highest BCUT2D eigenvalue weighted by atomic mass is 32.2. The molecule has 35 heavy (non-hydrogen) atoms. The second-order valence-electron chi connectivity index (χ2n) is 8.76. The molecule has 1 aliphatic heterocycles. The molecule has 1 saturated heterocycles. The first-order valence-corrected chi connectivity index (χ1v) is 12.7. The number of halogens is 1. The van der Waals surface area contributed by atoms with Crippen molar-refractivity contribution < 1.29 is 14.0 Å². The Balaban J connectivity index is 1.32. The van der Waals surface area contributed by atoms with Crippen LogP contribution in [0.2, 0.25) is 0 Å². The zero-order valence-electron chi connectivity index (χ0n) is 20.1. The molecule has 0 saturated carbocycles. The minimum absolute atomic E-state index is 0.0266. The lowest BCUT2D eigenvalue weighted by Crippen LogP contribution is -2.50. The number of aryl methyl sites for hydroxylation is 2. The van der Waals surface area contributed by atoms with Crippen LogP contribution in [-0.2, 0) is 10.5 Å². The molecule has 1 aliphatic rings. The smallest absolute Gasteiger partial charge is 0.255 e. The third kappa shape index (κ3) is 6.29. The van der Waals surface area contributed by atoms with Gasteiger partial charge in [0.1, 0.15) is 5.82 Å². The van der Waals surface area contributed by atoms with Crippen LogP contribution in [0.15, 0.2) is 71.6 Å². The molecule has 2 amide bonds. The average Bonchev–Trinajstić information content (AvgIpc) is 2.86. The normalized spacial score (nSPS) is 14.1. The fourth-order valence-electron chi connectivity index (χ4n) is 4.21. The number of nitrogens with zero attached hydrogens (tertiary/aromatic N) is 2. The van der Waals surface area contributed by atoms with Gasteiger partial charge in [-0.05, 0) is 48.7 Å². The molecule has 182 valence electrons. The monoisotopic (exact) mass is 491 g/mol. The first-order chi connectivity index (χ1) is 16.9. The van der Waals surface area contributed by atoms with Crippen LogP contribution in [0.4, 0.5) is 10.1 Å². The Bertz CT molecular complexity index is 1190. The molecule has 5 nitrogen and oxygen atoms in total. The Morgan fingerprint density at radius 1 is 0.886 bits per heavy atom. The third-order valence-corrected chi connectivity index (χ3v) is 7.35. The van der Waals surface area contributed by atoms with E-state index in [-0.39, 0.29) is 17.6 Å². The largest absolute Gasteiger partial charge is 0.336 e. The van der Waals surface area contributed by atoms with Crippen LogP contribution in [0.25, 0.3) is 0 Å². The van der Waals surface area contributed by atoms with Crippen LogP contribution in [0.3, 0.4) is 0 Å². The van der Waals surface area contributed by atoms with E-state index >= 15 is 0 Å². The van der Waals surface area contributed by atoms with E-state index in [4.69, 9.17) is 0 Å². The van der Waals surface area contributed by atoms with E-state index in [0.29, 0.717) is 49.6 Å². The maximum Gasteiger partial charge on any atom is 0.255 e. The summed E-state index contributed by atoms with van der Waals surface area (Å²) in [5.41, 5.74) is 4.21. The van der Waals surface area contributed by atoms with Crippen LogP contribution < -0.4 is 5.32 Å². The quantitative estimate of drug-likeness (QED) is 0.466. The van der Waals surface area contributed by atoms with Gasteiger partial charge in [0.15, 0.2) is 0 Å². The zero-order valence-corrected chi connectivity index (χ0v) is 20.9. The third-order valence-electron chi connectivity index (χ3n) is 6.23. The number of carbonyl (C=O) groups is 2. The molecule has 0 aromatic heterocycles. The molecule has 0 unspecified atom stereocenters. The van der Waals surface area contributed by atoms with Crippen molar-refractivity contribution in [3.05, 3.63) is 94.8 Å². The number of thioether (sulfide) groups is 1. The first kappa shape index (κ1) is 24.9. The second kappa shape index (κ2) is 11.5. The summed E-state index contributed by atoms with van der Waals surface area (Å²) in [7, 11) is 0. The van der Waals surface area contributed by atoms with Gasteiger partial charge in [0.25, 0.3) is 5.91 Å². The van der Waals surface area contributed by atoms with Gasteiger partial charge < -0.3 is 10.2 Å². The van der Waals surface area contributed by atoms with Gasteiger partial charge in [0.2, 0.25) is 5.91 Å². The van der Waals surface area contributed by atoms with E-state index in [1.807, 2.05) is 67.3 Å². The molecule has 4 rings (SSSR count). The van der Waals surface area contributed by atoms with E-state index in [9.17, 15) is 14.0 Å². The Morgan fingerprint density at radius 2 is 1.54 bits per heavy atom. The lowest BCUT2D eigenvalue weighted by Gasteiger charge is -2.34.